The molecule has 0 aromatic carbocycles. The molecular formula is C8H13N3O. The molecule has 0 aromatic rings. The highest BCUT2D eigenvalue weighted by molar-refractivity contribution is 5.75. The third kappa shape index (κ3) is 4.34. The third-order valence-corrected chi connectivity index (χ3v) is 1.23. The smallest absolute Gasteiger partial charge is 0.148 e. The average molecular weight is 167 g/mol. The molecule has 0 fully saturated rings. The topological polar surface area (TPSA) is 82.4 Å². The van der Waals surface area contributed by atoms with Crippen LogP contribution in [0.4, 0.5) is 0 Å². The first-order chi connectivity index (χ1) is 5.52. The maximum absolute atomic E-state index is 8.89. The second kappa shape index (κ2) is 4.39. The number of hydrogen-bond acceptors (Lipinski definition) is 4. The summed E-state index contributed by atoms with van der Waals surface area (Å²) >= 11 is 0. The summed E-state index contributed by atoms with van der Waals surface area (Å²) in [7, 11) is 0. The predicted octanol–water partition coefficient (Wildman–Crippen LogP) is 1.11. The fourth-order valence-corrected chi connectivity index (χ4v) is 0.523. The molecule has 3 N–H and O–H groups in total. The van der Waals surface area contributed by atoms with E-state index in [0.29, 0.717) is 6.42 Å². The van der Waals surface area contributed by atoms with Crippen molar-refractivity contribution < 1.29 is 5.11 Å². The second-order valence-electron chi connectivity index (χ2n) is 3.00. The number of nitrogens with two attached hydrogens (primary N) is 1. The largest absolute Gasteiger partial charge is 0.505 e. The highest BCUT2D eigenvalue weighted by Crippen LogP contribution is 2.12. The van der Waals surface area contributed by atoms with Gasteiger partial charge in [0.2, 0.25) is 0 Å². The van der Waals surface area contributed by atoms with Crippen molar-refractivity contribution in [1.82, 2.24) is 0 Å². The Labute approximate surface area is 72.0 Å². The Morgan fingerprint density at radius 3 is 2.75 bits per heavy atom. The number of rotatable bonds is 3. The molecule has 0 amide bonds. The molecule has 0 heterocycles. The molecule has 0 aliphatic heterocycles. The van der Waals surface area contributed by atoms with Gasteiger partial charge in [0.25, 0.3) is 0 Å². The molecule has 0 aliphatic carbocycles. The van der Waals surface area contributed by atoms with E-state index in [1.165, 1.54) is 6.21 Å². The molecule has 0 bridgehead atoms. The second-order valence-corrected chi connectivity index (χ2v) is 3.00. The first-order valence-electron chi connectivity index (χ1n) is 3.55. The minimum atomic E-state index is -0.467. The van der Waals surface area contributed by atoms with E-state index in [2.05, 4.69) is 4.99 Å². The highest BCUT2D eigenvalue weighted by Gasteiger charge is 2.13. The van der Waals surface area contributed by atoms with Crippen molar-refractivity contribution in [2.75, 3.05) is 0 Å². The van der Waals surface area contributed by atoms with Crippen LogP contribution in [0.3, 0.4) is 0 Å². The molecule has 0 aromatic heterocycles. The lowest BCUT2D eigenvalue weighted by molar-refractivity contribution is 0.441. The first kappa shape index (κ1) is 10.5. The molecule has 0 saturated carbocycles. The minimum Gasteiger partial charge on any atom is -0.505 e. The summed E-state index contributed by atoms with van der Waals surface area (Å²) < 4.78 is 0. The van der Waals surface area contributed by atoms with Gasteiger partial charge in [0.15, 0.2) is 0 Å². The fraction of sp³-hybridized carbons (Fsp3) is 0.500. The van der Waals surface area contributed by atoms with Crippen molar-refractivity contribution in [3.63, 3.8) is 0 Å². The van der Waals surface area contributed by atoms with Gasteiger partial charge in [-0.3, -0.25) is 4.99 Å². The summed E-state index contributed by atoms with van der Waals surface area (Å²) in [4.78, 5) is 3.97. The first-order valence-corrected chi connectivity index (χ1v) is 3.55. The van der Waals surface area contributed by atoms with Crippen molar-refractivity contribution in [3.05, 3.63) is 12.0 Å². The van der Waals surface area contributed by atoms with E-state index in [0.717, 1.165) is 6.20 Å². The van der Waals surface area contributed by atoms with E-state index in [-0.39, 0.29) is 5.76 Å². The van der Waals surface area contributed by atoms with Crippen LogP contribution < -0.4 is 5.73 Å². The summed E-state index contributed by atoms with van der Waals surface area (Å²) in [6.07, 6.45) is 2.60. The molecule has 0 spiro atoms. The Bertz CT molecular complexity index is 235. The number of hydrogen-bond donors (Lipinski definition) is 2. The van der Waals surface area contributed by atoms with Gasteiger partial charge in [0.05, 0.1) is 24.2 Å². The van der Waals surface area contributed by atoms with Gasteiger partial charge >= 0.3 is 0 Å². The van der Waals surface area contributed by atoms with Gasteiger partial charge in [-0.05, 0) is 13.8 Å². The average Bonchev–Trinajstić information content (AvgIpc) is 2.00. The van der Waals surface area contributed by atoms with Gasteiger partial charge in [-0.2, -0.15) is 5.26 Å². The SMILES string of the molecule is CC(C)(CC#N)N=CC(O)=CN. The van der Waals surface area contributed by atoms with E-state index in [1.807, 2.05) is 6.07 Å². The Kier molecular flexibility index (Phi) is 3.84. The van der Waals surface area contributed by atoms with Gasteiger partial charge in [0.1, 0.15) is 5.76 Å². The molecule has 4 heteroatoms. The third-order valence-electron chi connectivity index (χ3n) is 1.23. The lowest BCUT2D eigenvalue weighted by Crippen LogP contribution is -2.15. The Balaban J connectivity index is 4.25. The maximum atomic E-state index is 8.89. The zero-order valence-corrected chi connectivity index (χ0v) is 7.28. The molecule has 0 aliphatic rings. The van der Waals surface area contributed by atoms with Crippen molar-refractivity contribution in [2.24, 2.45) is 10.7 Å². The van der Waals surface area contributed by atoms with Crippen molar-refractivity contribution >= 4 is 6.21 Å². The van der Waals surface area contributed by atoms with Crippen molar-refractivity contribution in [1.29, 1.82) is 5.26 Å². The van der Waals surface area contributed by atoms with Crippen LogP contribution in [0.5, 0.6) is 0 Å². The van der Waals surface area contributed by atoms with Crippen LogP contribution in [-0.2, 0) is 0 Å². The molecule has 66 valence electrons. The molecule has 12 heavy (non-hydrogen) atoms. The van der Waals surface area contributed by atoms with Gasteiger partial charge in [0, 0.05) is 6.20 Å². The van der Waals surface area contributed by atoms with Crippen molar-refractivity contribution in [2.45, 2.75) is 25.8 Å². The molecule has 4 nitrogen and oxygen atoms in total. The van der Waals surface area contributed by atoms with Gasteiger partial charge in [-0.15, -0.1) is 0 Å². The lowest BCUT2D eigenvalue weighted by atomic mass is 10.0. The summed E-state index contributed by atoms with van der Waals surface area (Å²) in [5.41, 5.74) is 4.54. The number of aliphatic hydroxyl groups excluding tert-OH is 1. The molecule has 0 radical (unpaired) electrons. The van der Waals surface area contributed by atoms with Crippen LogP contribution in [0, 0.1) is 11.3 Å². The summed E-state index contributed by atoms with van der Waals surface area (Å²) in [6, 6.07) is 2.00. The fourth-order valence-electron chi connectivity index (χ4n) is 0.523. The summed E-state index contributed by atoms with van der Waals surface area (Å²) in [5.74, 6) is -0.0963. The molecular weight excluding hydrogens is 154 g/mol. The van der Waals surface area contributed by atoms with Crippen LogP contribution in [-0.4, -0.2) is 16.9 Å². The van der Waals surface area contributed by atoms with Crippen LogP contribution in [0.15, 0.2) is 17.0 Å². The zero-order chi connectivity index (χ0) is 9.61. The van der Waals surface area contributed by atoms with E-state index in [4.69, 9.17) is 16.1 Å². The molecule has 0 saturated heterocycles. The monoisotopic (exact) mass is 167 g/mol. The van der Waals surface area contributed by atoms with E-state index in [1.54, 1.807) is 13.8 Å². The van der Waals surface area contributed by atoms with Crippen LogP contribution in [0.1, 0.15) is 20.3 Å². The molecule has 0 rings (SSSR count). The quantitative estimate of drug-likeness (QED) is 0.488. The number of nitrogens with zero attached hydrogens (tertiary/aromatic N) is 2. The Morgan fingerprint density at radius 1 is 1.75 bits per heavy atom. The molecule has 0 unspecified atom stereocenters. The van der Waals surface area contributed by atoms with Crippen molar-refractivity contribution in [3.8, 4) is 6.07 Å². The number of aliphatic hydroxyl groups is 1. The zero-order valence-electron chi connectivity index (χ0n) is 7.28. The summed E-state index contributed by atoms with van der Waals surface area (Å²) in [5, 5.41) is 17.3. The highest BCUT2D eigenvalue weighted by atomic mass is 16.3. The van der Waals surface area contributed by atoms with Crippen LogP contribution >= 0.6 is 0 Å². The maximum Gasteiger partial charge on any atom is 0.148 e. The van der Waals surface area contributed by atoms with Crippen LogP contribution in [0.2, 0.25) is 0 Å². The standard InChI is InChI=1S/C8H13N3O/c1-8(2,3-4-9)11-6-7(12)5-10/h5-6,12H,3,10H2,1-2H3. The molecule has 0 atom stereocenters. The van der Waals surface area contributed by atoms with Gasteiger partial charge in [-0.1, -0.05) is 0 Å². The van der Waals surface area contributed by atoms with Gasteiger partial charge in [-0.25, -0.2) is 0 Å². The van der Waals surface area contributed by atoms with Gasteiger partial charge < -0.3 is 10.8 Å². The van der Waals surface area contributed by atoms with E-state index < -0.39 is 5.54 Å². The number of allylic oxidation sites excluding steroid dienone is 1. The normalized spacial score (nSPS) is 13.2. The number of aliphatic imine (C=N–C) groups is 1. The van der Waals surface area contributed by atoms with E-state index in [9.17, 15) is 0 Å². The summed E-state index contributed by atoms with van der Waals surface area (Å²) in [6.45, 7) is 3.60. The Morgan fingerprint density at radius 2 is 2.33 bits per heavy atom. The predicted molar refractivity (Wildman–Crippen MR) is 47.7 cm³/mol. The van der Waals surface area contributed by atoms with Crippen LogP contribution in [0.25, 0.3) is 0 Å². The minimum absolute atomic E-state index is 0.0963. The lowest BCUT2D eigenvalue weighted by Gasteiger charge is -2.13. The van der Waals surface area contributed by atoms with E-state index >= 15 is 0 Å². The number of nitriles is 1. The Hall–Kier alpha value is -1.50.